The van der Waals surface area contributed by atoms with E-state index in [1.54, 1.807) is 0 Å². The summed E-state index contributed by atoms with van der Waals surface area (Å²) in [6, 6.07) is 0. The van der Waals surface area contributed by atoms with Crippen molar-refractivity contribution in [3.8, 4) is 0 Å². The van der Waals surface area contributed by atoms with Crippen molar-refractivity contribution in [2.24, 2.45) is 4.99 Å². The van der Waals surface area contributed by atoms with Crippen LogP contribution in [0.2, 0.25) is 0 Å². The van der Waals surface area contributed by atoms with E-state index in [1.807, 2.05) is 0 Å². The number of carbonyl (C=O) groups is 1. The van der Waals surface area contributed by atoms with Crippen molar-refractivity contribution >= 4 is 11.8 Å². The Morgan fingerprint density at radius 2 is 1.02 bits per heavy atom. The van der Waals surface area contributed by atoms with Crippen LogP contribution in [0.3, 0.4) is 0 Å². The summed E-state index contributed by atoms with van der Waals surface area (Å²) in [6.07, 6.45) is 35.6. The maximum atomic E-state index is 12.9. The van der Waals surface area contributed by atoms with E-state index in [9.17, 15) is 4.79 Å². The summed E-state index contributed by atoms with van der Waals surface area (Å²) < 4.78 is 6.25. The molecule has 1 N–H and O–H groups in total. The van der Waals surface area contributed by atoms with Crippen LogP contribution >= 0.6 is 0 Å². The van der Waals surface area contributed by atoms with Gasteiger partial charge in [0.1, 0.15) is 5.84 Å². The fourth-order valence-electron chi connectivity index (χ4n) is 6.14. The second-order valence-electron chi connectivity index (χ2n) is 12.6. The Morgan fingerprint density at radius 3 is 1.40 bits per heavy atom. The molecule has 4 nitrogen and oxygen atoms in total. The molecule has 4 heteroatoms. The van der Waals surface area contributed by atoms with Crippen LogP contribution in [0.4, 0.5) is 0 Å². The topological polar surface area (TPSA) is 50.7 Å². The lowest BCUT2D eigenvalue weighted by Gasteiger charge is -2.33. The normalized spacial score (nSPS) is 14.6. The van der Waals surface area contributed by atoms with Crippen LogP contribution in [-0.4, -0.2) is 30.5 Å². The predicted molar refractivity (Wildman–Crippen MR) is 175 cm³/mol. The van der Waals surface area contributed by atoms with Crippen molar-refractivity contribution in [3.05, 3.63) is 0 Å². The third-order valence-electron chi connectivity index (χ3n) is 8.90. The SMILES string of the molecule is CCCCCCCCCCCCCCCC(=O)OC(CC)(CCCCCCCCCCCCCC)C1=NCCN1. The molecule has 236 valence electrons. The van der Waals surface area contributed by atoms with Gasteiger partial charge in [-0.25, -0.2) is 0 Å². The molecule has 0 spiro atoms. The number of aliphatic imine (C=N–C) groups is 1. The van der Waals surface area contributed by atoms with Crippen LogP contribution < -0.4 is 5.32 Å². The van der Waals surface area contributed by atoms with Gasteiger partial charge in [0.25, 0.3) is 0 Å². The third-order valence-corrected chi connectivity index (χ3v) is 8.90. The fourth-order valence-corrected chi connectivity index (χ4v) is 6.14. The Morgan fingerprint density at radius 1 is 0.625 bits per heavy atom. The highest BCUT2D eigenvalue weighted by Gasteiger charge is 2.39. The molecule has 0 bridgehead atoms. The van der Waals surface area contributed by atoms with Gasteiger partial charge in [0.05, 0.1) is 6.54 Å². The average Bonchev–Trinajstić information content (AvgIpc) is 3.51. The quantitative estimate of drug-likeness (QED) is 0.0699. The average molecular weight is 563 g/mol. The van der Waals surface area contributed by atoms with Crippen molar-refractivity contribution in [1.82, 2.24) is 5.32 Å². The summed E-state index contributed by atoms with van der Waals surface area (Å²) in [4.78, 5) is 17.6. The lowest BCUT2D eigenvalue weighted by molar-refractivity contribution is -0.154. The molecule has 0 aromatic carbocycles. The van der Waals surface area contributed by atoms with Crippen molar-refractivity contribution in [2.75, 3.05) is 13.1 Å². The van der Waals surface area contributed by atoms with Crippen molar-refractivity contribution < 1.29 is 9.53 Å². The van der Waals surface area contributed by atoms with E-state index in [0.717, 1.165) is 51.0 Å². The number of carbonyl (C=O) groups excluding carboxylic acids is 1. The van der Waals surface area contributed by atoms with Crippen LogP contribution in [0.15, 0.2) is 4.99 Å². The summed E-state index contributed by atoms with van der Waals surface area (Å²) >= 11 is 0. The van der Waals surface area contributed by atoms with Crippen LogP contribution in [0.25, 0.3) is 0 Å². The van der Waals surface area contributed by atoms with Crippen molar-refractivity contribution in [3.63, 3.8) is 0 Å². The molecule has 1 rings (SSSR count). The van der Waals surface area contributed by atoms with E-state index < -0.39 is 5.60 Å². The number of nitrogens with zero attached hydrogens (tertiary/aromatic N) is 1. The van der Waals surface area contributed by atoms with Gasteiger partial charge in [-0.15, -0.1) is 0 Å². The second kappa shape index (κ2) is 26.8. The number of nitrogens with one attached hydrogen (secondary N) is 1. The van der Waals surface area contributed by atoms with Gasteiger partial charge in [-0.3, -0.25) is 9.79 Å². The highest BCUT2D eigenvalue weighted by molar-refractivity contribution is 5.93. The standard InChI is InChI=1S/C36H70N2O2/c1-4-7-9-11-13-15-17-19-20-22-24-26-28-30-34(39)40-36(6-3,35-37-32-33-38-35)31-29-27-25-23-21-18-16-14-12-10-8-5-2/h4-33H2,1-3H3,(H,37,38). The molecule has 0 fully saturated rings. The lowest BCUT2D eigenvalue weighted by atomic mass is 9.90. The predicted octanol–water partition coefficient (Wildman–Crippen LogP) is 11.3. The third kappa shape index (κ3) is 19.1. The smallest absolute Gasteiger partial charge is 0.306 e. The van der Waals surface area contributed by atoms with Crippen LogP contribution in [0.5, 0.6) is 0 Å². The molecule has 0 aromatic rings. The molecular formula is C36H70N2O2. The van der Waals surface area contributed by atoms with Crippen molar-refractivity contribution in [1.29, 1.82) is 0 Å². The molecule has 1 aliphatic rings. The van der Waals surface area contributed by atoms with E-state index in [4.69, 9.17) is 9.73 Å². The van der Waals surface area contributed by atoms with Crippen LogP contribution in [0.1, 0.15) is 201 Å². The summed E-state index contributed by atoms with van der Waals surface area (Å²) in [7, 11) is 0. The lowest BCUT2D eigenvalue weighted by Crippen LogP contribution is -2.48. The van der Waals surface area contributed by atoms with Gasteiger partial charge in [-0.1, -0.05) is 168 Å². The fraction of sp³-hybridized carbons (Fsp3) is 0.944. The number of unbranched alkanes of at least 4 members (excludes halogenated alkanes) is 23. The van der Waals surface area contributed by atoms with Gasteiger partial charge in [0.2, 0.25) is 0 Å². The maximum Gasteiger partial charge on any atom is 0.306 e. The highest BCUT2D eigenvalue weighted by Crippen LogP contribution is 2.28. The first-order valence-electron chi connectivity index (χ1n) is 18.2. The second-order valence-corrected chi connectivity index (χ2v) is 12.6. The Balaban J connectivity index is 2.17. The van der Waals surface area contributed by atoms with E-state index in [-0.39, 0.29) is 5.97 Å². The molecule has 40 heavy (non-hydrogen) atoms. The molecule has 0 saturated heterocycles. The van der Waals surface area contributed by atoms with Crippen LogP contribution in [-0.2, 0) is 9.53 Å². The molecule has 1 unspecified atom stereocenters. The Hall–Kier alpha value is -1.06. The molecule has 1 heterocycles. The van der Waals surface area contributed by atoms with Gasteiger partial charge in [-0.2, -0.15) is 0 Å². The number of ether oxygens (including phenoxy) is 1. The summed E-state index contributed by atoms with van der Waals surface area (Å²) in [5, 5.41) is 3.44. The first-order chi connectivity index (χ1) is 19.7. The Kier molecular flexibility index (Phi) is 24.8. The van der Waals surface area contributed by atoms with Crippen molar-refractivity contribution in [2.45, 2.75) is 206 Å². The molecule has 0 aromatic heterocycles. The number of hydrogen-bond donors (Lipinski definition) is 1. The van der Waals surface area contributed by atoms with E-state index in [2.05, 4.69) is 26.1 Å². The number of amidine groups is 1. The van der Waals surface area contributed by atoms with Gasteiger partial charge in [-0.05, 0) is 25.7 Å². The zero-order chi connectivity index (χ0) is 29.0. The minimum atomic E-state index is -0.539. The Labute approximate surface area is 250 Å². The number of rotatable bonds is 30. The molecule has 1 aliphatic heterocycles. The molecular weight excluding hydrogens is 492 g/mol. The summed E-state index contributed by atoms with van der Waals surface area (Å²) in [5.41, 5.74) is -0.539. The molecule has 1 atom stereocenters. The molecule has 0 aliphatic carbocycles. The minimum Gasteiger partial charge on any atom is -0.451 e. The monoisotopic (exact) mass is 563 g/mol. The minimum absolute atomic E-state index is 0.0275. The van der Waals surface area contributed by atoms with Crippen LogP contribution in [0, 0.1) is 0 Å². The van der Waals surface area contributed by atoms with E-state index in [0.29, 0.717) is 6.42 Å². The number of hydrogen-bond acceptors (Lipinski definition) is 4. The van der Waals surface area contributed by atoms with E-state index >= 15 is 0 Å². The van der Waals surface area contributed by atoms with E-state index in [1.165, 1.54) is 141 Å². The summed E-state index contributed by atoms with van der Waals surface area (Å²) in [5.74, 6) is 0.900. The molecule has 0 amide bonds. The van der Waals surface area contributed by atoms with Gasteiger partial charge < -0.3 is 10.1 Å². The van der Waals surface area contributed by atoms with Gasteiger partial charge in [0.15, 0.2) is 5.60 Å². The molecule has 0 radical (unpaired) electrons. The first-order valence-corrected chi connectivity index (χ1v) is 18.2. The highest BCUT2D eigenvalue weighted by atomic mass is 16.6. The van der Waals surface area contributed by atoms with Gasteiger partial charge in [0, 0.05) is 13.0 Å². The number of esters is 1. The maximum absolute atomic E-state index is 12.9. The largest absolute Gasteiger partial charge is 0.451 e. The zero-order valence-electron chi connectivity index (χ0n) is 27.5. The summed E-state index contributed by atoms with van der Waals surface area (Å²) in [6.45, 7) is 8.39. The zero-order valence-corrected chi connectivity index (χ0v) is 27.5. The first kappa shape index (κ1) is 37.0. The Bertz CT molecular complexity index is 606. The van der Waals surface area contributed by atoms with Gasteiger partial charge >= 0.3 is 5.97 Å². The molecule has 0 saturated carbocycles.